The molecule has 2 aromatic heterocycles. The van der Waals surface area contributed by atoms with Gasteiger partial charge in [0.1, 0.15) is 30.7 Å². The van der Waals surface area contributed by atoms with Crippen LogP contribution in [0.4, 0.5) is 10.2 Å². The Balaban J connectivity index is 1.54. The molecule has 302 valence electrons. The molecule has 3 aromatic rings. The van der Waals surface area contributed by atoms with E-state index in [0.29, 0.717) is 6.42 Å². The molecular weight excluding hydrogens is 730 g/mol. The third-order valence-corrected chi connectivity index (χ3v) is 11.4. The minimum Gasteiger partial charge on any atom is -0.464 e. The predicted molar refractivity (Wildman–Crippen MR) is 206 cm³/mol. The average molecular weight is 787 g/mol. The molecule has 3 N–H and O–H groups in total. The van der Waals surface area contributed by atoms with Crippen molar-refractivity contribution in [1.29, 1.82) is 0 Å². The van der Waals surface area contributed by atoms with Crippen molar-refractivity contribution in [2.75, 3.05) is 18.9 Å². The van der Waals surface area contributed by atoms with Crippen molar-refractivity contribution in [2.45, 2.75) is 135 Å². The number of nitrogens with two attached hydrogens (primary N) is 1. The molecule has 0 bridgehead atoms. The lowest BCUT2D eigenvalue weighted by molar-refractivity contribution is -0.158. The van der Waals surface area contributed by atoms with E-state index in [0.717, 1.165) is 32.1 Å². The lowest BCUT2D eigenvalue weighted by Gasteiger charge is -2.31. The molecule has 0 amide bonds. The summed E-state index contributed by atoms with van der Waals surface area (Å²) in [5, 5.41) is 2.67. The third-order valence-electron chi connectivity index (χ3n) is 9.76. The van der Waals surface area contributed by atoms with Gasteiger partial charge in [-0.05, 0) is 31.4 Å². The molecule has 1 fully saturated rings. The van der Waals surface area contributed by atoms with Crippen LogP contribution in [0.3, 0.4) is 0 Å². The number of imidazole rings is 1. The van der Waals surface area contributed by atoms with Crippen LogP contribution in [0.2, 0.25) is 0 Å². The number of anilines is 1. The minimum atomic E-state index is -4.42. The van der Waals surface area contributed by atoms with E-state index in [9.17, 15) is 18.5 Å². The van der Waals surface area contributed by atoms with Gasteiger partial charge in [0.25, 0.3) is 0 Å². The summed E-state index contributed by atoms with van der Waals surface area (Å²) in [5.41, 5.74) is 4.23. The van der Waals surface area contributed by atoms with Gasteiger partial charge in [-0.25, -0.2) is 9.55 Å². The first-order valence-electron chi connectivity index (χ1n) is 19.4. The largest absolute Gasteiger partial charge is 0.464 e. The summed E-state index contributed by atoms with van der Waals surface area (Å²) in [7, 11) is -4.42. The number of halogens is 1. The minimum absolute atomic E-state index is 0.0237. The number of esters is 2. The number of nitrogen functional groups attached to an aromatic ring is 1. The molecule has 4 rings (SSSR count). The van der Waals surface area contributed by atoms with Crippen LogP contribution in [0.5, 0.6) is 5.75 Å². The number of carbonyl (C=O) groups excluding carboxylic acids is 2. The molecule has 14 nitrogen and oxygen atoms in total. The van der Waals surface area contributed by atoms with Gasteiger partial charge in [0.15, 0.2) is 22.6 Å². The van der Waals surface area contributed by atoms with Crippen molar-refractivity contribution in [3.05, 3.63) is 42.7 Å². The normalized spacial score (nSPS) is 19.9. The van der Waals surface area contributed by atoms with E-state index in [-0.39, 0.29) is 48.1 Å². The van der Waals surface area contributed by atoms with E-state index in [1.165, 1.54) is 49.9 Å². The van der Waals surface area contributed by atoms with Gasteiger partial charge < -0.3 is 24.5 Å². The maximum absolute atomic E-state index is 14.5. The fourth-order valence-corrected chi connectivity index (χ4v) is 7.82. The fraction of sp³-hybridized carbons (Fsp3) is 0.615. The van der Waals surface area contributed by atoms with Crippen molar-refractivity contribution in [3.8, 4) is 18.1 Å². The number of hydrogen-bond donors (Lipinski definition) is 2. The second kappa shape index (κ2) is 21.3. The van der Waals surface area contributed by atoms with E-state index in [4.69, 9.17) is 35.4 Å². The number of para-hydroxylation sites is 1. The highest BCUT2D eigenvalue weighted by atomic mass is 31.2. The number of rotatable bonds is 24. The van der Waals surface area contributed by atoms with Gasteiger partial charge in [-0.3, -0.25) is 18.7 Å². The Morgan fingerprint density at radius 3 is 2.42 bits per heavy atom. The highest BCUT2D eigenvalue weighted by molar-refractivity contribution is 7.52. The van der Waals surface area contributed by atoms with Gasteiger partial charge in [-0.1, -0.05) is 109 Å². The topological polar surface area (TPSA) is 179 Å². The Labute approximate surface area is 323 Å². The maximum atomic E-state index is 14.5. The summed E-state index contributed by atoms with van der Waals surface area (Å²) in [5.74, 6) is 1.61. The maximum Gasteiger partial charge on any atom is 0.459 e. The summed E-state index contributed by atoms with van der Waals surface area (Å²) in [6, 6.07) is 7.13. The number of nitrogens with one attached hydrogen (secondary N) is 1. The Kier molecular flexibility index (Phi) is 16.9. The monoisotopic (exact) mass is 786 g/mol. The summed E-state index contributed by atoms with van der Waals surface area (Å²) in [4.78, 5) is 37.9. The Bertz CT molecular complexity index is 1770. The molecule has 1 unspecified atom stereocenters. The van der Waals surface area contributed by atoms with Crippen LogP contribution in [0, 0.1) is 24.3 Å². The first-order chi connectivity index (χ1) is 26.5. The molecule has 1 saturated heterocycles. The van der Waals surface area contributed by atoms with E-state index in [1.54, 1.807) is 30.3 Å². The summed E-state index contributed by atoms with van der Waals surface area (Å²) >= 11 is 0. The molecular formula is C39H56FN6O8P. The molecule has 55 heavy (non-hydrogen) atoms. The number of ether oxygens (including phenoxy) is 3. The van der Waals surface area contributed by atoms with Gasteiger partial charge in [-0.2, -0.15) is 19.4 Å². The number of fused-ring (bicyclic) bond motifs is 1. The van der Waals surface area contributed by atoms with Crippen LogP contribution < -0.4 is 15.3 Å². The van der Waals surface area contributed by atoms with Crippen molar-refractivity contribution in [2.24, 2.45) is 5.92 Å². The summed E-state index contributed by atoms with van der Waals surface area (Å²) in [6.45, 7) is 7.28. The van der Waals surface area contributed by atoms with E-state index >= 15 is 0 Å². The van der Waals surface area contributed by atoms with Crippen molar-refractivity contribution >= 4 is 36.7 Å². The zero-order valence-electron chi connectivity index (χ0n) is 32.4. The summed E-state index contributed by atoms with van der Waals surface area (Å²) in [6.07, 6.45) is 15.8. The van der Waals surface area contributed by atoms with Gasteiger partial charge >= 0.3 is 25.8 Å². The number of carbonyl (C=O) groups is 2. The zero-order valence-corrected chi connectivity index (χ0v) is 33.3. The van der Waals surface area contributed by atoms with Gasteiger partial charge in [-0.15, -0.1) is 6.42 Å². The smallest absolute Gasteiger partial charge is 0.459 e. The van der Waals surface area contributed by atoms with Crippen LogP contribution in [0.1, 0.15) is 117 Å². The SMILES string of the molecule is C#C[C@]1(CO[P@@](=O)(NC(C)C(=O)OCC(CC)CC)Oc2ccccc2)O[C@@H](n2cnc3c(N)nc(F)nc32)C[C@@H]1OC(=O)CCCCCCCCCCC. The first-order valence-corrected chi connectivity index (χ1v) is 20.9. The Morgan fingerprint density at radius 1 is 1.09 bits per heavy atom. The van der Waals surface area contributed by atoms with Crippen molar-refractivity contribution in [1.82, 2.24) is 24.6 Å². The molecule has 1 aromatic carbocycles. The number of hydrogen-bond acceptors (Lipinski definition) is 12. The average Bonchev–Trinajstić information content (AvgIpc) is 3.75. The fourth-order valence-electron chi connectivity index (χ4n) is 6.30. The Hall–Kier alpha value is -4.09. The molecule has 0 saturated carbocycles. The van der Waals surface area contributed by atoms with Crippen molar-refractivity contribution in [3.63, 3.8) is 0 Å². The second-order valence-electron chi connectivity index (χ2n) is 13.9. The van der Waals surface area contributed by atoms with Gasteiger partial charge in [0.2, 0.25) is 0 Å². The second-order valence-corrected chi connectivity index (χ2v) is 15.6. The molecule has 3 heterocycles. The standard InChI is InChI=1S/C39H56FN6O8P/c1-6-10-11-12-13-14-15-16-20-23-33(47)52-31-24-32(46-27-42-34-35(41)43-38(40)44-36(34)46)53-39(31,9-4)26-51-55(49,54-30-21-18-17-19-22-30)45-28(5)37(48)50-25-29(7-2)8-3/h4,17-19,21-22,27-29,31-32H,6-8,10-16,20,23-26H2,1-3,5H3,(H,45,49)(H2,41,43,44)/t28?,31-,32+,39+,55-/m0/s1. The highest BCUT2D eigenvalue weighted by Crippen LogP contribution is 2.48. The number of aromatic nitrogens is 4. The highest BCUT2D eigenvalue weighted by Gasteiger charge is 2.53. The molecule has 1 aliphatic heterocycles. The van der Waals surface area contributed by atoms with Gasteiger partial charge in [0.05, 0.1) is 12.9 Å². The predicted octanol–water partition coefficient (Wildman–Crippen LogP) is 7.83. The number of terminal acetylenes is 1. The molecule has 16 heteroatoms. The first kappa shape index (κ1) is 43.6. The van der Waals surface area contributed by atoms with Crippen molar-refractivity contribution < 1.29 is 41.8 Å². The molecule has 0 spiro atoms. The van der Waals surface area contributed by atoms with E-state index in [2.05, 4.69) is 32.9 Å². The number of benzene rings is 1. The number of nitrogens with zero attached hydrogens (tertiary/aromatic N) is 4. The summed E-state index contributed by atoms with van der Waals surface area (Å²) < 4.78 is 59.9. The zero-order chi connectivity index (χ0) is 39.8. The lowest BCUT2D eigenvalue weighted by atomic mass is 9.98. The van der Waals surface area contributed by atoms with Crippen LogP contribution in [0.15, 0.2) is 36.7 Å². The Morgan fingerprint density at radius 2 is 1.76 bits per heavy atom. The molecule has 0 aliphatic carbocycles. The van der Waals surface area contributed by atoms with Crippen LogP contribution >= 0.6 is 7.75 Å². The van der Waals surface area contributed by atoms with E-state index in [1.807, 2.05) is 13.8 Å². The quantitative estimate of drug-likeness (QED) is 0.0295. The van der Waals surface area contributed by atoms with Crippen LogP contribution in [0.25, 0.3) is 11.2 Å². The number of unbranched alkanes of at least 4 members (excludes halogenated alkanes) is 8. The molecule has 5 atom stereocenters. The van der Waals surface area contributed by atoms with Crippen LogP contribution in [-0.2, 0) is 32.9 Å². The molecule has 1 aliphatic rings. The lowest BCUT2D eigenvalue weighted by Crippen LogP contribution is -2.45. The molecule has 0 radical (unpaired) electrons. The van der Waals surface area contributed by atoms with E-state index < -0.39 is 56.3 Å². The third kappa shape index (κ3) is 12.5. The van der Waals surface area contributed by atoms with Gasteiger partial charge in [0, 0.05) is 12.8 Å². The van der Waals surface area contributed by atoms with Crippen LogP contribution in [-0.4, -0.2) is 62.4 Å².